The van der Waals surface area contributed by atoms with Crippen LogP contribution in [0.25, 0.3) is 0 Å². The van der Waals surface area contributed by atoms with Crippen LogP contribution >= 0.6 is 0 Å². The first kappa shape index (κ1) is 15.1. The molecule has 0 aliphatic carbocycles. The Kier molecular flexibility index (Phi) is 5.71. The summed E-state index contributed by atoms with van der Waals surface area (Å²) in [5.74, 6) is -0.539. The third-order valence-electron chi connectivity index (χ3n) is 2.54. The highest BCUT2D eigenvalue weighted by Crippen LogP contribution is 2.08. The van der Waals surface area contributed by atoms with E-state index in [0.29, 0.717) is 12.0 Å². The zero-order chi connectivity index (χ0) is 13.6. The van der Waals surface area contributed by atoms with E-state index in [2.05, 4.69) is 4.72 Å². The van der Waals surface area contributed by atoms with Crippen molar-refractivity contribution < 1.29 is 12.8 Å². The molecule has 1 aromatic carbocycles. The SMILES string of the molecule is CCCC(CN)NS(=O)(=O)Cc1ccc(F)cc1. The second-order valence-electron chi connectivity index (χ2n) is 4.22. The summed E-state index contributed by atoms with van der Waals surface area (Å²) in [6.45, 7) is 2.24. The van der Waals surface area contributed by atoms with E-state index < -0.39 is 10.0 Å². The lowest BCUT2D eigenvalue weighted by Gasteiger charge is -2.16. The number of hydrogen-bond donors (Lipinski definition) is 2. The highest BCUT2D eigenvalue weighted by Gasteiger charge is 2.16. The molecule has 0 saturated heterocycles. The van der Waals surface area contributed by atoms with Gasteiger partial charge in [-0.15, -0.1) is 0 Å². The van der Waals surface area contributed by atoms with Crippen LogP contribution in [0.3, 0.4) is 0 Å². The summed E-state index contributed by atoms with van der Waals surface area (Å²) >= 11 is 0. The first-order chi connectivity index (χ1) is 8.46. The molecule has 1 atom stereocenters. The van der Waals surface area contributed by atoms with Gasteiger partial charge in [-0.25, -0.2) is 17.5 Å². The van der Waals surface area contributed by atoms with Crippen LogP contribution < -0.4 is 10.5 Å². The summed E-state index contributed by atoms with van der Waals surface area (Å²) in [4.78, 5) is 0. The van der Waals surface area contributed by atoms with E-state index in [1.807, 2.05) is 6.92 Å². The maximum Gasteiger partial charge on any atom is 0.216 e. The van der Waals surface area contributed by atoms with Crippen LogP contribution in [0.1, 0.15) is 25.3 Å². The minimum absolute atomic E-state index is 0.159. The van der Waals surface area contributed by atoms with Crippen molar-refractivity contribution >= 4 is 10.0 Å². The average molecular weight is 274 g/mol. The largest absolute Gasteiger partial charge is 0.329 e. The van der Waals surface area contributed by atoms with Crippen molar-refractivity contribution in [1.82, 2.24) is 4.72 Å². The number of benzene rings is 1. The van der Waals surface area contributed by atoms with Crippen LogP contribution in [0.15, 0.2) is 24.3 Å². The Labute approximate surface area is 107 Å². The molecule has 0 spiro atoms. The fraction of sp³-hybridized carbons (Fsp3) is 0.500. The van der Waals surface area contributed by atoms with Gasteiger partial charge in [0.2, 0.25) is 10.0 Å². The van der Waals surface area contributed by atoms with Gasteiger partial charge in [0.15, 0.2) is 0 Å². The highest BCUT2D eigenvalue weighted by molar-refractivity contribution is 7.88. The third-order valence-corrected chi connectivity index (χ3v) is 3.94. The molecule has 3 N–H and O–H groups in total. The molecule has 0 heterocycles. The van der Waals surface area contributed by atoms with Crippen LogP contribution in [0.5, 0.6) is 0 Å². The molecule has 0 aliphatic rings. The Balaban J connectivity index is 2.66. The van der Waals surface area contributed by atoms with Crippen LogP contribution in [-0.4, -0.2) is 21.0 Å². The molecule has 0 fully saturated rings. The van der Waals surface area contributed by atoms with Gasteiger partial charge in [0.1, 0.15) is 5.82 Å². The molecular formula is C12H19FN2O2S. The van der Waals surface area contributed by atoms with Crippen LogP contribution in [0, 0.1) is 5.82 Å². The zero-order valence-electron chi connectivity index (χ0n) is 10.4. The van der Waals surface area contributed by atoms with E-state index in [1.165, 1.54) is 24.3 Å². The predicted molar refractivity (Wildman–Crippen MR) is 69.9 cm³/mol. The summed E-state index contributed by atoms with van der Waals surface area (Å²) in [6.07, 6.45) is 1.57. The Morgan fingerprint density at radius 3 is 2.44 bits per heavy atom. The van der Waals surface area contributed by atoms with E-state index in [1.54, 1.807) is 0 Å². The van der Waals surface area contributed by atoms with Crippen molar-refractivity contribution in [2.75, 3.05) is 6.54 Å². The molecule has 1 rings (SSSR count). The number of hydrogen-bond acceptors (Lipinski definition) is 3. The minimum Gasteiger partial charge on any atom is -0.329 e. The van der Waals surface area contributed by atoms with E-state index >= 15 is 0 Å². The monoisotopic (exact) mass is 274 g/mol. The molecule has 0 radical (unpaired) electrons. The molecule has 0 bridgehead atoms. The molecule has 4 nitrogen and oxygen atoms in total. The molecule has 0 aliphatic heterocycles. The minimum atomic E-state index is -3.43. The Morgan fingerprint density at radius 2 is 1.94 bits per heavy atom. The van der Waals surface area contributed by atoms with Gasteiger partial charge in [0.25, 0.3) is 0 Å². The van der Waals surface area contributed by atoms with Crippen LogP contribution in [-0.2, 0) is 15.8 Å². The predicted octanol–water partition coefficient (Wildman–Crippen LogP) is 1.37. The summed E-state index contributed by atoms with van der Waals surface area (Å²) in [7, 11) is -3.43. The van der Waals surface area contributed by atoms with Gasteiger partial charge in [-0.2, -0.15) is 0 Å². The molecule has 0 saturated carbocycles. The van der Waals surface area contributed by atoms with Gasteiger partial charge in [-0.1, -0.05) is 25.5 Å². The first-order valence-corrected chi connectivity index (χ1v) is 7.56. The molecule has 0 amide bonds. The molecule has 0 aromatic heterocycles. The summed E-state index contributed by atoms with van der Waals surface area (Å²) in [5, 5.41) is 0. The maximum absolute atomic E-state index is 12.7. The second kappa shape index (κ2) is 6.82. The van der Waals surface area contributed by atoms with Crippen molar-refractivity contribution in [3.05, 3.63) is 35.6 Å². The van der Waals surface area contributed by atoms with Crippen LogP contribution in [0.4, 0.5) is 4.39 Å². The molecule has 102 valence electrons. The summed E-state index contributed by atoms with van der Waals surface area (Å²) < 4.78 is 39.0. The molecule has 18 heavy (non-hydrogen) atoms. The van der Waals surface area contributed by atoms with Gasteiger partial charge in [-0.05, 0) is 24.1 Å². The normalized spacial score (nSPS) is 13.5. The fourth-order valence-corrected chi connectivity index (χ4v) is 3.11. The number of sulfonamides is 1. The van der Waals surface area contributed by atoms with Crippen molar-refractivity contribution in [1.29, 1.82) is 0 Å². The van der Waals surface area contributed by atoms with E-state index in [4.69, 9.17) is 5.73 Å². The summed E-state index contributed by atoms with van der Waals surface area (Å²) in [6, 6.07) is 5.19. The van der Waals surface area contributed by atoms with Gasteiger partial charge in [0, 0.05) is 12.6 Å². The van der Waals surface area contributed by atoms with Gasteiger partial charge >= 0.3 is 0 Å². The Hall–Kier alpha value is -0.980. The highest BCUT2D eigenvalue weighted by atomic mass is 32.2. The lowest BCUT2D eigenvalue weighted by molar-refractivity contribution is 0.526. The standard InChI is InChI=1S/C12H19FN2O2S/c1-2-3-12(8-14)15-18(16,17)9-10-4-6-11(13)7-5-10/h4-7,12,15H,2-3,8-9,14H2,1H3. The van der Waals surface area contributed by atoms with E-state index in [-0.39, 0.29) is 24.2 Å². The van der Waals surface area contributed by atoms with Crippen molar-refractivity contribution in [3.63, 3.8) is 0 Å². The fourth-order valence-electron chi connectivity index (χ4n) is 1.67. The number of halogens is 1. The zero-order valence-corrected chi connectivity index (χ0v) is 11.2. The quantitative estimate of drug-likeness (QED) is 0.789. The van der Waals surface area contributed by atoms with Crippen molar-refractivity contribution in [2.45, 2.75) is 31.6 Å². The molecule has 6 heteroatoms. The maximum atomic E-state index is 12.7. The average Bonchev–Trinajstić information content (AvgIpc) is 2.31. The van der Waals surface area contributed by atoms with E-state index in [0.717, 1.165) is 6.42 Å². The number of nitrogens with two attached hydrogens (primary N) is 1. The van der Waals surface area contributed by atoms with Gasteiger partial charge in [-0.3, -0.25) is 0 Å². The van der Waals surface area contributed by atoms with Gasteiger partial charge in [0.05, 0.1) is 5.75 Å². The Morgan fingerprint density at radius 1 is 1.33 bits per heavy atom. The van der Waals surface area contributed by atoms with Crippen LogP contribution in [0.2, 0.25) is 0 Å². The Bertz CT molecular complexity index is 459. The first-order valence-electron chi connectivity index (χ1n) is 5.91. The smallest absolute Gasteiger partial charge is 0.216 e. The topological polar surface area (TPSA) is 72.2 Å². The van der Waals surface area contributed by atoms with Gasteiger partial charge < -0.3 is 5.73 Å². The number of rotatable bonds is 7. The lowest BCUT2D eigenvalue weighted by atomic mass is 10.2. The molecule has 1 aromatic rings. The van der Waals surface area contributed by atoms with Crippen molar-refractivity contribution in [2.24, 2.45) is 5.73 Å². The lowest BCUT2D eigenvalue weighted by Crippen LogP contribution is -2.40. The molecule has 1 unspecified atom stereocenters. The van der Waals surface area contributed by atoms with Crippen molar-refractivity contribution in [3.8, 4) is 0 Å². The molecular weight excluding hydrogens is 255 g/mol. The third kappa shape index (κ3) is 5.12. The van der Waals surface area contributed by atoms with E-state index in [9.17, 15) is 12.8 Å². The number of nitrogens with one attached hydrogen (secondary N) is 1. The summed E-state index contributed by atoms with van der Waals surface area (Å²) in [5.41, 5.74) is 6.05. The second-order valence-corrected chi connectivity index (χ2v) is 5.98.